The SMILES string of the molecule is CCCOc1ccccc1NC(=O)c1ccc(Cl)c(Cl)c1. The highest BCUT2D eigenvalue weighted by molar-refractivity contribution is 6.42. The van der Waals surface area contributed by atoms with Crippen LogP contribution in [-0.4, -0.2) is 12.5 Å². The summed E-state index contributed by atoms with van der Waals surface area (Å²) < 4.78 is 5.60. The number of nitrogens with one attached hydrogen (secondary N) is 1. The van der Waals surface area contributed by atoms with Crippen LogP contribution in [0.1, 0.15) is 23.7 Å². The van der Waals surface area contributed by atoms with E-state index in [1.54, 1.807) is 18.2 Å². The lowest BCUT2D eigenvalue weighted by atomic mass is 10.2. The molecule has 0 saturated heterocycles. The van der Waals surface area contributed by atoms with Crippen molar-refractivity contribution in [3.63, 3.8) is 0 Å². The Labute approximate surface area is 133 Å². The molecule has 3 nitrogen and oxygen atoms in total. The molecule has 2 aromatic carbocycles. The normalized spacial score (nSPS) is 10.2. The van der Waals surface area contributed by atoms with Gasteiger partial charge in [0.25, 0.3) is 5.91 Å². The van der Waals surface area contributed by atoms with Crippen LogP contribution in [0.4, 0.5) is 5.69 Å². The molecule has 0 unspecified atom stereocenters. The topological polar surface area (TPSA) is 38.3 Å². The van der Waals surface area contributed by atoms with Crippen molar-refractivity contribution in [2.24, 2.45) is 0 Å². The second kappa shape index (κ2) is 7.34. The predicted molar refractivity (Wildman–Crippen MR) is 86.6 cm³/mol. The standard InChI is InChI=1S/C16H15Cl2NO2/c1-2-9-21-15-6-4-3-5-14(15)19-16(20)11-7-8-12(17)13(18)10-11/h3-8,10H,2,9H2,1H3,(H,19,20). The van der Waals surface area contributed by atoms with Gasteiger partial charge in [0.2, 0.25) is 0 Å². The van der Waals surface area contributed by atoms with Gasteiger partial charge in [-0.2, -0.15) is 0 Å². The van der Waals surface area contributed by atoms with Crippen molar-refractivity contribution in [1.29, 1.82) is 0 Å². The molecule has 0 aliphatic carbocycles. The molecule has 21 heavy (non-hydrogen) atoms. The molecule has 5 heteroatoms. The molecule has 2 rings (SSSR count). The number of hydrogen-bond acceptors (Lipinski definition) is 2. The predicted octanol–water partition coefficient (Wildman–Crippen LogP) is 5.03. The molecule has 2 aromatic rings. The lowest BCUT2D eigenvalue weighted by Crippen LogP contribution is -2.13. The zero-order valence-corrected chi connectivity index (χ0v) is 13.0. The second-order valence-corrected chi connectivity index (χ2v) is 5.24. The van der Waals surface area contributed by atoms with Gasteiger partial charge in [-0.1, -0.05) is 42.3 Å². The van der Waals surface area contributed by atoms with Crippen LogP contribution in [0.3, 0.4) is 0 Å². The Bertz CT molecular complexity index is 644. The van der Waals surface area contributed by atoms with Gasteiger partial charge in [0.05, 0.1) is 22.3 Å². The Morgan fingerprint density at radius 1 is 1.14 bits per heavy atom. The van der Waals surface area contributed by atoms with E-state index in [0.29, 0.717) is 33.7 Å². The monoisotopic (exact) mass is 323 g/mol. The third kappa shape index (κ3) is 4.13. The molecule has 0 aliphatic heterocycles. The minimum Gasteiger partial charge on any atom is -0.491 e. The minimum atomic E-state index is -0.263. The van der Waals surface area contributed by atoms with Crippen molar-refractivity contribution in [3.8, 4) is 5.75 Å². The summed E-state index contributed by atoms with van der Waals surface area (Å²) in [6, 6.07) is 12.1. The van der Waals surface area contributed by atoms with E-state index >= 15 is 0 Å². The Hall–Kier alpha value is -1.71. The molecule has 1 amide bonds. The van der Waals surface area contributed by atoms with Crippen molar-refractivity contribution in [1.82, 2.24) is 0 Å². The fourth-order valence-electron chi connectivity index (χ4n) is 1.74. The summed E-state index contributed by atoms with van der Waals surface area (Å²) in [4.78, 5) is 12.2. The molecule has 0 aromatic heterocycles. The average molecular weight is 324 g/mol. The number of amides is 1. The highest BCUT2D eigenvalue weighted by atomic mass is 35.5. The number of hydrogen-bond donors (Lipinski definition) is 1. The van der Waals surface area contributed by atoms with Crippen molar-refractivity contribution < 1.29 is 9.53 Å². The lowest BCUT2D eigenvalue weighted by Gasteiger charge is -2.12. The number of carbonyl (C=O) groups is 1. The van der Waals surface area contributed by atoms with Crippen LogP contribution in [0.2, 0.25) is 10.0 Å². The number of ether oxygens (including phenoxy) is 1. The van der Waals surface area contributed by atoms with E-state index in [0.717, 1.165) is 6.42 Å². The van der Waals surface area contributed by atoms with Crippen LogP contribution < -0.4 is 10.1 Å². The Morgan fingerprint density at radius 3 is 2.62 bits per heavy atom. The van der Waals surface area contributed by atoms with Gasteiger partial charge in [-0.25, -0.2) is 0 Å². The molecule has 1 N–H and O–H groups in total. The number of para-hydroxylation sites is 2. The molecule has 0 radical (unpaired) electrons. The summed E-state index contributed by atoms with van der Waals surface area (Å²) in [5, 5.41) is 3.58. The molecule has 0 aliphatic rings. The molecule has 0 heterocycles. The first-order valence-electron chi connectivity index (χ1n) is 6.60. The third-order valence-electron chi connectivity index (χ3n) is 2.78. The average Bonchev–Trinajstić information content (AvgIpc) is 2.49. The molecule has 0 saturated carbocycles. The van der Waals surface area contributed by atoms with Gasteiger partial charge >= 0.3 is 0 Å². The van der Waals surface area contributed by atoms with E-state index in [1.807, 2.05) is 25.1 Å². The first-order chi connectivity index (χ1) is 10.1. The van der Waals surface area contributed by atoms with Gasteiger partial charge in [0.15, 0.2) is 0 Å². The van der Waals surface area contributed by atoms with Crippen LogP contribution in [0.15, 0.2) is 42.5 Å². The molecule has 0 atom stereocenters. The molecule has 0 bridgehead atoms. The molecule has 110 valence electrons. The summed E-state index contributed by atoms with van der Waals surface area (Å²) >= 11 is 11.8. The van der Waals surface area contributed by atoms with E-state index in [9.17, 15) is 4.79 Å². The van der Waals surface area contributed by atoms with Gasteiger partial charge in [-0.05, 0) is 36.8 Å². The van der Waals surface area contributed by atoms with Gasteiger partial charge < -0.3 is 10.1 Å². The van der Waals surface area contributed by atoms with Crippen LogP contribution in [0, 0.1) is 0 Å². The molecular weight excluding hydrogens is 309 g/mol. The number of benzene rings is 2. The largest absolute Gasteiger partial charge is 0.491 e. The van der Waals surface area contributed by atoms with Crippen molar-refractivity contribution in [2.45, 2.75) is 13.3 Å². The maximum absolute atomic E-state index is 12.2. The van der Waals surface area contributed by atoms with Crippen molar-refractivity contribution >= 4 is 34.8 Å². The number of carbonyl (C=O) groups excluding carboxylic acids is 1. The van der Waals surface area contributed by atoms with Crippen LogP contribution >= 0.6 is 23.2 Å². The highest BCUT2D eigenvalue weighted by Gasteiger charge is 2.11. The lowest BCUT2D eigenvalue weighted by molar-refractivity contribution is 0.102. The van der Waals surface area contributed by atoms with Gasteiger partial charge in [-0.3, -0.25) is 4.79 Å². The maximum atomic E-state index is 12.2. The zero-order chi connectivity index (χ0) is 15.2. The molecule has 0 fully saturated rings. The number of rotatable bonds is 5. The summed E-state index contributed by atoms with van der Waals surface area (Å²) in [6.45, 7) is 2.62. The van der Waals surface area contributed by atoms with Gasteiger partial charge in [-0.15, -0.1) is 0 Å². The fraction of sp³-hybridized carbons (Fsp3) is 0.188. The molecular formula is C16H15Cl2NO2. The second-order valence-electron chi connectivity index (χ2n) is 4.43. The summed E-state index contributed by atoms with van der Waals surface area (Å²) in [5.41, 5.74) is 1.07. The fourth-order valence-corrected chi connectivity index (χ4v) is 2.04. The summed E-state index contributed by atoms with van der Waals surface area (Å²) in [7, 11) is 0. The maximum Gasteiger partial charge on any atom is 0.255 e. The van der Waals surface area contributed by atoms with Crippen LogP contribution in [0.5, 0.6) is 5.75 Å². The van der Waals surface area contributed by atoms with Gasteiger partial charge in [0.1, 0.15) is 5.75 Å². The van der Waals surface area contributed by atoms with Crippen molar-refractivity contribution in [3.05, 3.63) is 58.1 Å². The third-order valence-corrected chi connectivity index (χ3v) is 3.52. The Kier molecular flexibility index (Phi) is 5.48. The smallest absolute Gasteiger partial charge is 0.255 e. The molecule has 0 spiro atoms. The first kappa shape index (κ1) is 15.7. The number of halogens is 2. The highest BCUT2D eigenvalue weighted by Crippen LogP contribution is 2.26. The number of anilines is 1. The first-order valence-corrected chi connectivity index (χ1v) is 7.35. The van der Waals surface area contributed by atoms with E-state index in [4.69, 9.17) is 27.9 Å². The van der Waals surface area contributed by atoms with E-state index in [-0.39, 0.29) is 5.91 Å². The van der Waals surface area contributed by atoms with E-state index in [1.165, 1.54) is 6.07 Å². The Morgan fingerprint density at radius 2 is 1.90 bits per heavy atom. The van der Waals surface area contributed by atoms with Crippen molar-refractivity contribution in [2.75, 3.05) is 11.9 Å². The minimum absolute atomic E-state index is 0.263. The van der Waals surface area contributed by atoms with Crippen LogP contribution in [-0.2, 0) is 0 Å². The van der Waals surface area contributed by atoms with Crippen LogP contribution in [0.25, 0.3) is 0 Å². The summed E-state index contributed by atoms with van der Waals surface area (Å²) in [5.74, 6) is 0.383. The Balaban J connectivity index is 2.17. The quantitative estimate of drug-likeness (QED) is 0.837. The summed E-state index contributed by atoms with van der Waals surface area (Å²) in [6.07, 6.45) is 0.898. The van der Waals surface area contributed by atoms with E-state index in [2.05, 4.69) is 5.32 Å². The zero-order valence-electron chi connectivity index (χ0n) is 11.5. The van der Waals surface area contributed by atoms with E-state index < -0.39 is 0 Å². The van der Waals surface area contributed by atoms with Gasteiger partial charge in [0, 0.05) is 5.56 Å².